The van der Waals surface area contributed by atoms with Gasteiger partial charge in [-0.3, -0.25) is 4.79 Å². The van der Waals surface area contributed by atoms with Crippen LogP contribution < -0.4 is 16.0 Å². The summed E-state index contributed by atoms with van der Waals surface area (Å²) in [7, 11) is 0. The normalized spacial score (nSPS) is 13.3. The van der Waals surface area contributed by atoms with Crippen molar-refractivity contribution in [3.63, 3.8) is 0 Å². The van der Waals surface area contributed by atoms with Gasteiger partial charge in [0.1, 0.15) is 5.15 Å². The lowest BCUT2D eigenvalue weighted by Gasteiger charge is -2.41. The molecule has 2 unspecified atom stereocenters. The molecule has 0 bridgehead atoms. The van der Waals surface area contributed by atoms with Crippen molar-refractivity contribution in [1.82, 2.24) is 20.9 Å². The van der Waals surface area contributed by atoms with Gasteiger partial charge in [0.05, 0.1) is 18.2 Å². The van der Waals surface area contributed by atoms with Crippen molar-refractivity contribution in [2.45, 2.75) is 71.5 Å². The van der Waals surface area contributed by atoms with Crippen LogP contribution in [0, 0.1) is 5.92 Å². The SMILES string of the molecule is CCCC(=O)NC(CCC(C)C)(C(=O)OCC)C(NC(=S)NCc1cc2ccccc2nc1Cl)c1ccccc1. The van der Waals surface area contributed by atoms with E-state index in [4.69, 9.17) is 28.6 Å². The molecule has 2 atom stereocenters. The first-order chi connectivity index (χ1) is 19.2. The molecule has 2 aromatic carbocycles. The molecule has 1 amide bonds. The summed E-state index contributed by atoms with van der Waals surface area (Å²) in [4.78, 5) is 31.4. The third kappa shape index (κ3) is 8.15. The van der Waals surface area contributed by atoms with Crippen molar-refractivity contribution in [2.24, 2.45) is 5.92 Å². The van der Waals surface area contributed by atoms with Crippen molar-refractivity contribution >= 4 is 51.7 Å². The predicted molar refractivity (Wildman–Crippen MR) is 165 cm³/mol. The van der Waals surface area contributed by atoms with E-state index in [1.165, 1.54) is 0 Å². The lowest BCUT2D eigenvalue weighted by molar-refractivity contribution is -0.155. The Bertz CT molecular complexity index is 1300. The van der Waals surface area contributed by atoms with Crippen molar-refractivity contribution in [3.8, 4) is 0 Å². The van der Waals surface area contributed by atoms with Gasteiger partial charge in [-0.25, -0.2) is 9.78 Å². The average molecular weight is 583 g/mol. The minimum atomic E-state index is -1.39. The smallest absolute Gasteiger partial charge is 0.334 e. The van der Waals surface area contributed by atoms with E-state index in [2.05, 4.69) is 34.8 Å². The molecule has 0 aliphatic carbocycles. The molecular formula is C31H39ClN4O3S. The number of benzene rings is 2. The Hall–Kier alpha value is -3.23. The third-order valence-corrected chi connectivity index (χ3v) is 7.28. The number of rotatable bonds is 13. The highest BCUT2D eigenvalue weighted by atomic mass is 35.5. The van der Waals surface area contributed by atoms with Crippen LogP contribution in [0.25, 0.3) is 10.9 Å². The van der Waals surface area contributed by atoms with Crippen LogP contribution in [-0.2, 0) is 20.9 Å². The standard InChI is InChI=1S/C31H39ClN4O3S/c1-5-12-26(37)36-31(18-17-21(3)4,29(38)39-6-2)27(22-13-8-7-9-14-22)35-30(40)33-20-24-19-23-15-10-11-16-25(23)34-28(24)32/h7-11,13-16,19,21,27H,5-6,12,17-18,20H2,1-4H3,(H,36,37)(H2,33,35,40). The molecule has 40 heavy (non-hydrogen) atoms. The van der Waals surface area contributed by atoms with Gasteiger partial charge in [0.25, 0.3) is 0 Å². The van der Waals surface area contributed by atoms with Crippen molar-refractivity contribution in [1.29, 1.82) is 0 Å². The van der Waals surface area contributed by atoms with E-state index >= 15 is 0 Å². The molecule has 3 aromatic rings. The Balaban J connectivity index is 1.97. The number of amides is 1. The number of fused-ring (bicyclic) bond motifs is 1. The van der Waals surface area contributed by atoms with Gasteiger partial charge in [0, 0.05) is 23.9 Å². The minimum Gasteiger partial charge on any atom is -0.464 e. The number of esters is 1. The van der Waals surface area contributed by atoms with E-state index < -0.39 is 17.6 Å². The van der Waals surface area contributed by atoms with E-state index in [1.54, 1.807) is 6.92 Å². The Kier molecular flexibility index (Phi) is 11.7. The number of pyridine rings is 1. The average Bonchev–Trinajstić information content (AvgIpc) is 2.93. The molecule has 9 heteroatoms. The molecule has 1 heterocycles. The first kappa shape index (κ1) is 31.3. The monoisotopic (exact) mass is 582 g/mol. The molecule has 0 saturated heterocycles. The maximum atomic E-state index is 13.8. The van der Waals surface area contributed by atoms with Crippen LogP contribution in [0.1, 0.15) is 70.5 Å². The highest BCUT2D eigenvalue weighted by Gasteiger charge is 2.49. The fraction of sp³-hybridized carbons (Fsp3) is 0.419. The Labute approximate surface area is 247 Å². The molecule has 0 aliphatic heterocycles. The molecule has 0 saturated carbocycles. The number of ether oxygens (including phenoxy) is 1. The number of aromatic nitrogens is 1. The van der Waals surface area contributed by atoms with Gasteiger partial charge in [-0.2, -0.15) is 0 Å². The molecule has 0 spiro atoms. The van der Waals surface area contributed by atoms with Crippen LogP contribution in [0.2, 0.25) is 5.15 Å². The number of carbonyl (C=O) groups is 2. The molecule has 0 aliphatic rings. The zero-order valence-corrected chi connectivity index (χ0v) is 25.2. The Morgan fingerprint density at radius 2 is 1.77 bits per heavy atom. The first-order valence-electron chi connectivity index (χ1n) is 13.8. The molecule has 7 nitrogen and oxygen atoms in total. The van der Waals surface area contributed by atoms with Crippen LogP contribution in [0.4, 0.5) is 0 Å². The fourth-order valence-electron chi connectivity index (χ4n) is 4.62. The van der Waals surface area contributed by atoms with Crippen LogP contribution in [0.15, 0.2) is 60.7 Å². The number of nitrogens with one attached hydrogen (secondary N) is 3. The van der Waals surface area contributed by atoms with Gasteiger partial charge >= 0.3 is 5.97 Å². The highest BCUT2D eigenvalue weighted by Crippen LogP contribution is 2.34. The number of halogens is 1. The van der Waals surface area contributed by atoms with Crippen LogP contribution >= 0.6 is 23.8 Å². The largest absolute Gasteiger partial charge is 0.464 e. The van der Waals surface area contributed by atoms with E-state index in [0.717, 1.165) is 22.0 Å². The number of thiocarbonyl (C=S) groups is 1. The Morgan fingerprint density at radius 3 is 2.45 bits per heavy atom. The number of para-hydroxylation sites is 1. The summed E-state index contributed by atoms with van der Waals surface area (Å²) in [5.74, 6) is -0.415. The summed E-state index contributed by atoms with van der Waals surface area (Å²) in [6.07, 6.45) is 2.00. The van der Waals surface area contributed by atoms with E-state index in [-0.39, 0.29) is 12.5 Å². The summed E-state index contributed by atoms with van der Waals surface area (Å²) < 4.78 is 5.61. The quantitative estimate of drug-likeness (QED) is 0.125. The van der Waals surface area contributed by atoms with E-state index in [1.807, 2.05) is 67.6 Å². The van der Waals surface area contributed by atoms with Crippen molar-refractivity contribution in [2.75, 3.05) is 6.61 Å². The molecule has 0 fully saturated rings. The van der Waals surface area contributed by atoms with Gasteiger partial charge in [-0.15, -0.1) is 0 Å². The van der Waals surface area contributed by atoms with Gasteiger partial charge in [-0.1, -0.05) is 80.9 Å². The second-order valence-corrected chi connectivity index (χ2v) is 11.0. The molecule has 1 aromatic heterocycles. The summed E-state index contributed by atoms with van der Waals surface area (Å²) >= 11 is 12.2. The predicted octanol–water partition coefficient (Wildman–Crippen LogP) is 6.25. The summed E-state index contributed by atoms with van der Waals surface area (Å²) in [6, 6.07) is 18.6. The molecule has 3 rings (SSSR count). The first-order valence-corrected chi connectivity index (χ1v) is 14.6. The topological polar surface area (TPSA) is 92.4 Å². The summed E-state index contributed by atoms with van der Waals surface area (Å²) in [6.45, 7) is 8.37. The van der Waals surface area contributed by atoms with Gasteiger partial charge < -0.3 is 20.7 Å². The lowest BCUT2D eigenvalue weighted by Crippen LogP contribution is -2.63. The fourth-order valence-corrected chi connectivity index (χ4v) is 5.02. The Morgan fingerprint density at radius 1 is 1.07 bits per heavy atom. The number of hydrogen-bond acceptors (Lipinski definition) is 5. The van der Waals surface area contributed by atoms with Crippen molar-refractivity contribution < 1.29 is 14.3 Å². The van der Waals surface area contributed by atoms with Gasteiger partial charge in [0.2, 0.25) is 5.91 Å². The number of carbonyl (C=O) groups excluding carboxylic acids is 2. The van der Waals surface area contributed by atoms with Crippen LogP contribution in [-0.4, -0.2) is 34.1 Å². The highest BCUT2D eigenvalue weighted by molar-refractivity contribution is 7.80. The molecule has 0 radical (unpaired) electrons. The lowest BCUT2D eigenvalue weighted by atomic mass is 9.79. The van der Waals surface area contributed by atoms with E-state index in [9.17, 15) is 9.59 Å². The van der Waals surface area contributed by atoms with E-state index in [0.29, 0.717) is 48.4 Å². The third-order valence-electron chi connectivity index (χ3n) is 6.69. The maximum absolute atomic E-state index is 13.8. The van der Waals surface area contributed by atoms with Crippen LogP contribution in [0.3, 0.4) is 0 Å². The molecular weight excluding hydrogens is 544 g/mol. The van der Waals surface area contributed by atoms with Crippen LogP contribution in [0.5, 0.6) is 0 Å². The number of nitrogens with zero attached hydrogens (tertiary/aromatic N) is 1. The zero-order chi connectivity index (χ0) is 29.1. The minimum absolute atomic E-state index is 0.184. The zero-order valence-electron chi connectivity index (χ0n) is 23.6. The summed E-state index contributed by atoms with van der Waals surface area (Å²) in [5.41, 5.74) is 1.01. The van der Waals surface area contributed by atoms with Gasteiger partial charge in [-0.05, 0) is 62.0 Å². The second kappa shape index (κ2) is 15.0. The molecule has 3 N–H and O–H groups in total. The van der Waals surface area contributed by atoms with Crippen molar-refractivity contribution in [3.05, 3.63) is 76.9 Å². The number of hydrogen-bond donors (Lipinski definition) is 3. The van der Waals surface area contributed by atoms with Gasteiger partial charge in [0.15, 0.2) is 10.7 Å². The molecule has 214 valence electrons. The summed E-state index contributed by atoms with van der Waals surface area (Å²) in [5, 5.41) is 11.3. The second-order valence-electron chi connectivity index (χ2n) is 10.2. The maximum Gasteiger partial charge on any atom is 0.334 e.